The molecule has 1 saturated carbocycles. The lowest BCUT2D eigenvalue weighted by atomic mass is 10.0. The van der Waals surface area contributed by atoms with Gasteiger partial charge in [-0.3, -0.25) is 4.79 Å². The van der Waals surface area contributed by atoms with Gasteiger partial charge in [0.15, 0.2) is 0 Å². The standard InChI is InChI=1S/C13H14BrClFNO/c14-11-2-1-9(16)7-10(11)12(18)17-8-13(3-4-13)5-6-15/h1-2,7H,3-6,8H2,(H,17,18). The Kier molecular flexibility index (Phi) is 4.28. The molecule has 0 heterocycles. The van der Waals surface area contributed by atoms with Crippen LogP contribution in [0.2, 0.25) is 0 Å². The third-order valence-corrected chi connectivity index (χ3v) is 4.26. The third-order valence-electron chi connectivity index (χ3n) is 3.38. The molecule has 0 bridgehead atoms. The van der Waals surface area contributed by atoms with Gasteiger partial charge in [-0.1, -0.05) is 0 Å². The molecule has 0 unspecified atom stereocenters. The first-order valence-corrected chi connectivity index (χ1v) is 7.18. The van der Waals surface area contributed by atoms with Gasteiger partial charge < -0.3 is 5.32 Å². The van der Waals surface area contributed by atoms with Crippen molar-refractivity contribution in [3.8, 4) is 0 Å². The van der Waals surface area contributed by atoms with E-state index in [-0.39, 0.29) is 11.3 Å². The molecule has 1 aliphatic rings. The Hall–Kier alpha value is -0.610. The van der Waals surface area contributed by atoms with Gasteiger partial charge in [-0.25, -0.2) is 4.39 Å². The molecule has 18 heavy (non-hydrogen) atoms. The Bertz CT molecular complexity index is 462. The highest BCUT2D eigenvalue weighted by Crippen LogP contribution is 2.48. The fraction of sp³-hybridized carbons (Fsp3) is 0.462. The molecule has 1 fully saturated rings. The van der Waals surface area contributed by atoms with E-state index in [1.165, 1.54) is 18.2 Å². The van der Waals surface area contributed by atoms with Crippen molar-refractivity contribution in [2.24, 2.45) is 5.41 Å². The summed E-state index contributed by atoms with van der Waals surface area (Å²) in [4.78, 5) is 12.0. The summed E-state index contributed by atoms with van der Waals surface area (Å²) in [5.74, 6) is -0.0491. The number of rotatable bonds is 5. The van der Waals surface area contributed by atoms with E-state index in [4.69, 9.17) is 11.6 Å². The summed E-state index contributed by atoms with van der Waals surface area (Å²) >= 11 is 8.98. The van der Waals surface area contributed by atoms with Crippen LogP contribution in [0.25, 0.3) is 0 Å². The zero-order chi connectivity index (χ0) is 13.2. The maximum absolute atomic E-state index is 13.1. The number of hydrogen-bond donors (Lipinski definition) is 1. The van der Waals surface area contributed by atoms with E-state index >= 15 is 0 Å². The van der Waals surface area contributed by atoms with Crippen molar-refractivity contribution in [2.75, 3.05) is 12.4 Å². The molecule has 0 saturated heterocycles. The molecule has 98 valence electrons. The van der Waals surface area contributed by atoms with E-state index in [2.05, 4.69) is 21.2 Å². The number of benzene rings is 1. The molecule has 1 aromatic rings. The quantitative estimate of drug-likeness (QED) is 0.817. The van der Waals surface area contributed by atoms with Crippen molar-refractivity contribution >= 4 is 33.4 Å². The highest BCUT2D eigenvalue weighted by molar-refractivity contribution is 9.10. The summed E-state index contributed by atoms with van der Waals surface area (Å²) in [6.07, 6.45) is 3.12. The van der Waals surface area contributed by atoms with Gasteiger partial charge in [0, 0.05) is 16.9 Å². The van der Waals surface area contributed by atoms with Crippen LogP contribution in [0.15, 0.2) is 22.7 Å². The summed E-state index contributed by atoms with van der Waals surface area (Å²) in [5, 5.41) is 2.86. The molecule has 1 amide bonds. The molecule has 5 heteroatoms. The minimum Gasteiger partial charge on any atom is -0.351 e. The molecule has 0 atom stereocenters. The number of alkyl halides is 1. The van der Waals surface area contributed by atoms with E-state index < -0.39 is 5.82 Å². The largest absolute Gasteiger partial charge is 0.351 e. The molecule has 2 rings (SSSR count). The van der Waals surface area contributed by atoms with E-state index in [9.17, 15) is 9.18 Å². The predicted molar refractivity (Wildman–Crippen MR) is 73.4 cm³/mol. The van der Waals surface area contributed by atoms with Gasteiger partial charge in [0.2, 0.25) is 0 Å². The fourth-order valence-electron chi connectivity index (χ4n) is 1.93. The number of amides is 1. The molecule has 0 radical (unpaired) electrons. The third kappa shape index (κ3) is 3.23. The van der Waals surface area contributed by atoms with Crippen molar-refractivity contribution in [3.05, 3.63) is 34.1 Å². The highest BCUT2D eigenvalue weighted by atomic mass is 79.9. The van der Waals surface area contributed by atoms with Crippen LogP contribution in [-0.4, -0.2) is 18.3 Å². The van der Waals surface area contributed by atoms with Gasteiger partial charge in [-0.2, -0.15) is 0 Å². The minimum atomic E-state index is -0.412. The summed E-state index contributed by atoms with van der Waals surface area (Å²) in [7, 11) is 0. The van der Waals surface area contributed by atoms with E-state index in [1.54, 1.807) is 0 Å². The molecular formula is C13H14BrClFNO. The normalized spacial score (nSPS) is 16.4. The first-order chi connectivity index (χ1) is 8.56. The predicted octanol–water partition coefficient (Wildman–Crippen LogP) is 3.73. The topological polar surface area (TPSA) is 29.1 Å². The molecular weight excluding hydrogens is 321 g/mol. The van der Waals surface area contributed by atoms with E-state index in [1.807, 2.05) is 0 Å². The first kappa shape index (κ1) is 13.8. The monoisotopic (exact) mass is 333 g/mol. The second-order valence-electron chi connectivity index (χ2n) is 4.75. The van der Waals surface area contributed by atoms with Crippen molar-refractivity contribution in [1.82, 2.24) is 5.32 Å². The summed E-state index contributed by atoms with van der Waals surface area (Å²) in [5.41, 5.74) is 0.508. The zero-order valence-electron chi connectivity index (χ0n) is 9.81. The fourth-order valence-corrected chi connectivity index (χ4v) is 2.75. The van der Waals surface area contributed by atoms with Crippen molar-refractivity contribution in [1.29, 1.82) is 0 Å². The van der Waals surface area contributed by atoms with Gasteiger partial charge in [0.25, 0.3) is 5.91 Å². The number of halogens is 3. The minimum absolute atomic E-state index is 0.178. The molecule has 1 N–H and O–H groups in total. The van der Waals surface area contributed by atoms with Crippen molar-refractivity contribution in [2.45, 2.75) is 19.3 Å². The molecule has 1 aromatic carbocycles. The Morgan fingerprint density at radius 2 is 2.22 bits per heavy atom. The smallest absolute Gasteiger partial charge is 0.252 e. The van der Waals surface area contributed by atoms with Crippen LogP contribution < -0.4 is 5.32 Å². The van der Waals surface area contributed by atoms with Gasteiger partial charge in [-0.15, -0.1) is 11.6 Å². The molecule has 2 nitrogen and oxygen atoms in total. The number of carbonyl (C=O) groups excluding carboxylic acids is 1. The summed E-state index contributed by atoms with van der Waals surface area (Å²) < 4.78 is 13.7. The van der Waals surface area contributed by atoms with E-state index in [0.29, 0.717) is 22.5 Å². The highest BCUT2D eigenvalue weighted by Gasteiger charge is 2.41. The van der Waals surface area contributed by atoms with E-state index in [0.717, 1.165) is 19.3 Å². The van der Waals surface area contributed by atoms with Crippen molar-refractivity contribution in [3.63, 3.8) is 0 Å². The Morgan fingerprint density at radius 1 is 1.50 bits per heavy atom. The summed E-state index contributed by atoms with van der Waals surface area (Å²) in [6, 6.07) is 4.09. The van der Waals surface area contributed by atoms with Gasteiger partial charge in [-0.05, 0) is 58.8 Å². The van der Waals surface area contributed by atoms with Crippen LogP contribution in [0.4, 0.5) is 4.39 Å². The Labute approximate surface area is 119 Å². The maximum Gasteiger partial charge on any atom is 0.252 e. The lowest BCUT2D eigenvalue weighted by Crippen LogP contribution is -2.30. The molecule has 0 aromatic heterocycles. The van der Waals surface area contributed by atoms with Gasteiger partial charge in [0.05, 0.1) is 5.56 Å². The van der Waals surface area contributed by atoms with Gasteiger partial charge in [0.1, 0.15) is 5.82 Å². The van der Waals surface area contributed by atoms with Crippen LogP contribution in [0, 0.1) is 11.2 Å². The maximum atomic E-state index is 13.1. The van der Waals surface area contributed by atoms with Crippen LogP contribution >= 0.6 is 27.5 Å². The Morgan fingerprint density at radius 3 is 2.83 bits per heavy atom. The van der Waals surface area contributed by atoms with Crippen LogP contribution in [0.5, 0.6) is 0 Å². The van der Waals surface area contributed by atoms with Crippen LogP contribution in [-0.2, 0) is 0 Å². The lowest BCUT2D eigenvalue weighted by Gasteiger charge is -2.14. The molecule has 0 aliphatic heterocycles. The zero-order valence-corrected chi connectivity index (χ0v) is 12.2. The SMILES string of the molecule is O=C(NCC1(CCCl)CC1)c1cc(F)ccc1Br. The molecule has 0 spiro atoms. The first-order valence-electron chi connectivity index (χ1n) is 5.86. The lowest BCUT2D eigenvalue weighted by molar-refractivity contribution is 0.0943. The molecule has 1 aliphatic carbocycles. The van der Waals surface area contributed by atoms with Crippen molar-refractivity contribution < 1.29 is 9.18 Å². The number of hydrogen-bond acceptors (Lipinski definition) is 1. The number of nitrogens with one attached hydrogen (secondary N) is 1. The second-order valence-corrected chi connectivity index (χ2v) is 5.98. The van der Waals surface area contributed by atoms with Crippen LogP contribution in [0.1, 0.15) is 29.6 Å². The van der Waals surface area contributed by atoms with Gasteiger partial charge >= 0.3 is 0 Å². The number of carbonyl (C=O) groups is 1. The Balaban J connectivity index is 1.98. The average molecular weight is 335 g/mol. The summed E-state index contributed by atoms with van der Waals surface area (Å²) in [6.45, 7) is 0.613. The second kappa shape index (κ2) is 5.57. The average Bonchev–Trinajstić information content (AvgIpc) is 3.10. The van der Waals surface area contributed by atoms with Crippen LogP contribution in [0.3, 0.4) is 0 Å².